The van der Waals surface area contributed by atoms with Gasteiger partial charge in [-0.25, -0.2) is 13.1 Å². The molecule has 1 heterocycles. The Bertz CT molecular complexity index is 511. The van der Waals surface area contributed by atoms with Crippen LogP contribution < -0.4 is 4.72 Å². The SMILES string of the molecule is Cc1ccc(S(=O)(=O)NCCC2CCCN2C)cc1. The molecule has 1 aromatic rings. The molecule has 5 heteroatoms. The van der Waals surface area contributed by atoms with Gasteiger partial charge in [-0.05, 0) is 51.9 Å². The maximum absolute atomic E-state index is 12.1. The van der Waals surface area contributed by atoms with Crippen molar-refractivity contribution in [2.75, 3.05) is 20.1 Å². The number of aryl methyl sites for hydroxylation is 1. The van der Waals surface area contributed by atoms with Gasteiger partial charge in [-0.2, -0.15) is 0 Å². The molecule has 1 atom stereocenters. The number of benzene rings is 1. The van der Waals surface area contributed by atoms with Crippen LogP contribution in [0.15, 0.2) is 29.2 Å². The van der Waals surface area contributed by atoms with E-state index in [9.17, 15) is 8.42 Å². The van der Waals surface area contributed by atoms with Crippen molar-refractivity contribution >= 4 is 10.0 Å². The Labute approximate surface area is 115 Å². The van der Waals surface area contributed by atoms with Gasteiger partial charge in [0.2, 0.25) is 10.0 Å². The number of hydrogen-bond acceptors (Lipinski definition) is 3. The first kappa shape index (κ1) is 14.5. The Morgan fingerprint density at radius 1 is 1.32 bits per heavy atom. The largest absolute Gasteiger partial charge is 0.303 e. The predicted octanol–water partition coefficient (Wildman–Crippen LogP) is 1.76. The Morgan fingerprint density at radius 3 is 2.58 bits per heavy atom. The highest BCUT2D eigenvalue weighted by Gasteiger charge is 2.21. The minimum absolute atomic E-state index is 0.345. The summed E-state index contributed by atoms with van der Waals surface area (Å²) in [4.78, 5) is 2.65. The minimum atomic E-state index is -3.35. The van der Waals surface area contributed by atoms with Gasteiger partial charge in [0, 0.05) is 12.6 Å². The van der Waals surface area contributed by atoms with E-state index in [-0.39, 0.29) is 0 Å². The summed E-state index contributed by atoms with van der Waals surface area (Å²) in [5, 5.41) is 0. The molecule has 19 heavy (non-hydrogen) atoms. The molecule has 1 aromatic carbocycles. The average Bonchev–Trinajstić information content (AvgIpc) is 2.75. The zero-order valence-electron chi connectivity index (χ0n) is 11.6. The van der Waals surface area contributed by atoms with Crippen molar-refractivity contribution in [1.29, 1.82) is 0 Å². The molecular weight excluding hydrogens is 260 g/mol. The topological polar surface area (TPSA) is 49.4 Å². The number of sulfonamides is 1. The molecule has 1 fully saturated rings. The summed E-state index contributed by atoms with van der Waals surface area (Å²) in [6, 6.07) is 7.46. The molecule has 0 radical (unpaired) electrons. The fourth-order valence-corrected chi connectivity index (χ4v) is 3.55. The van der Waals surface area contributed by atoms with Crippen molar-refractivity contribution in [3.05, 3.63) is 29.8 Å². The fourth-order valence-electron chi connectivity index (χ4n) is 2.50. The summed E-state index contributed by atoms with van der Waals surface area (Å²) < 4.78 is 26.8. The van der Waals surface area contributed by atoms with Crippen molar-refractivity contribution in [2.24, 2.45) is 0 Å². The molecule has 4 nitrogen and oxygen atoms in total. The van der Waals surface area contributed by atoms with E-state index >= 15 is 0 Å². The van der Waals surface area contributed by atoms with Crippen LogP contribution in [0.2, 0.25) is 0 Å². The van der Waals surface area contributed by atoms with Gasteiger partial charge in [0.1, 0.15) is 0 Å². The van der Waals surface area contributed by atoms with Crippen LogP contribution in [0.4, 0.5) is 0 Å². The van der Waals surface area contributed by atoms with Crippen molar-refractivity contribution < 1.29 is 8.42 Å². The van der Waals surface area contributed by atoms with Crippen LogP contribution in [0.3, 0.4) is 0 Å². The Balaban J connectivity index is 1.89. The summed E-state index contributed by atoms with van der Waals surface area (Å²) in [5.41, 5.74) is 1.06. The first-order valence-electron chi connectivity index (χ1n) is 6.75. The Morgan fingerprint density at radius 2 is 2.00 bits per heavy atom. The molecule has 0 bridgehead atoms. The first-order chi connectivity index (χ1) is 8.99. The van der Waals surface area contributed by atoms with E-state index in [1.54, 1.807) is 12.1 Å². The number of nitrogens with one attached hydrogen (secondary N) is 1. The summed E-state index contributed by atoms with van der Waals surface area (Å²) in [6.45, 7) is 3.57. The van der Waals surface area contributed by atoms with Crippen molar-refractivity contribution in [3.8, 4) is 0 Å². The lowest BCUT2D eigenvalue weighted by Gasteiger charge is -2.19. The second-order valence-electron chi connectivity index (χ2n) is 5.28. The number of rotatable bonds is 5. The molecule has 1 saturated heterocycles. The van der Waals surface area contributed by atoms with E-state index in [2.05, 4.69) is 16.7 Å². The monoisotopic (exact) mass is 282 g/mol. The van der Waals surface area contributed by atoms with Crippen molar-refractivity contribution in [2.45, 2.75) is 37.1 Å². The molecule has 0 amide bonds. The van der Waals surface area contributed by atoms with Crippen LogP contribution in [0, 0.1) is 6.92 Å². The van der Waals surface area contributed by atoms with Crippen LogP contribution in [-0.4, -0.2) is 39.5 Å². The van der Waals surface area contributed by atoms with E-state index in [1.807, 2.05) is 19.1 Å². The van der Waals surface area contributed by atoms with E-state index in [0.29, 0.717) is 17.5 Å². The van der Waals surface area contributed by atoms with Gasteiger partial charge < -0.3 is 4.90 Å². The maximum Gasteiger partial charge on any atom is 0.240 e. The molecule has 106 valence electrons. The highest BCUT2D eigenvalue weighted by molar-refractivity contribution is 7.89. The first-order valence-corrected chi connectivity index (χ1v) is 8.24. The standard InChI is InChI=1S/C14H22N2O2S/c1-12-5-7-14(8-6-12)19(17,18)15-10-9-13-4-3-11-16(13)2/h5-8,13,15H,3-4,9-11H2,1-2H3. The quantitative estimate of drug-likeness (QED) is 0.895. The van der Waals surface area contributed by atoms with E-state index in [4.69, 9.17) is 0 Å². The molecule has 1 aliphatic rings. The molecule has 0 aromatic heterocycles. The van der Waals surface area contributed by atoms with Gasteiger partial charge in [0.05, 0.1) is 4.90 Å². The van der Waals surface area contributed by atoms with Gasteiger partial charge in [0.15, 0.2) is 0 Å². The third-order valence-electron chi connectivity index (χ3n) is 3.77. The molecular formula is C14H22N2O2S. The van der Waals surface area contributed by atoms with Crippen molar-refractivity contribution in [3.63, 3.8) is 0 Å². The second kappa shape index (κ2) is 6.03. The van der Waals surface area contributed by atoms with Crippen LogP contribution >= 0.6 is 0 Å². The average molecular weight is 282 g/mol. The third-order valence-corrected chi connectivity index (χ3v) is 5.25. The zero-order chi connectivity index (χ0) is 13.9. The van der Waals surface area contributed by atoms with Crippen LogP contribution in [0.5, 0.6) is 0 Å². The zero-order valence-corrected chi connectivity index (χ0v) is 12.4. The maximum atomic E-state index is 12.1. The Hall–Kier alpha value is -0.910. The lowest BCUT2D eigenvalue weighted by Crippen LogP contribution is -2.31. The highest BCUT2D eigenvalue weighted by atomic mass is 32.2. The smallest absolute Gasteiger partial charge is 0.240 e. The highest BCUT2D eigenvalue weighted by Crippen LogP contribution is 2.17. The molecule has 1 unspecified atom stereocenters. The van der Waals surface area contributed by atoms with E-state index < -0.39 is 10.0 Å². The molecule has 0 saturated carbocycles. The van der Waals surface area contributed by atoms with E-state index in [1.165, 1.54) is 12.8 Å². The summed E-state index contributed by atoms with van der Waals surface area (Å²) in [6.07, 6.45) is 3.26. The van der Waals surface area contributed by atoms with Crippen LogP contribution in [0.1, 0.15) is 24.8 Å². The molecule has 1 aliphatic heterocycles. The molecule has 0 aliphatic carbocycles. The van der Waals surface area contributed by atoms with E-state index in [0.717, 1.165) is 18.5 Å². The van der Waals surface area contributed by atoms with Gasteiger partial charge in [-0.15, -0.1) is 0 Å². The molecule has 1 N–H and O–H groups in total. The third kappa shape index (κ3) is 3.78. The summed E-state index contributed by atoms with van der Waals surface area (Å²) in [7, 11) is -1.25. The molecule has 2 rings (SSSR count). The predicted molar refractivity (Wildman–Crippen MR) is 76.6 cm³/mol. The second-order valence-corrected chi connectivity index (χ2v) is 7.04. The fraction of sp³-hybridized carbons (Fsp3) is 0.571. The van der Waals surface area contributed by atoms with Gasteiger partial charge in [-0.1, -0.05) is 17.7 Å². The normalized spacial score (nSPS) is 20.8. The molecule has 0 spiro atoms. The van der Waals surface area contributed by atoms with Gasteiger partial charge >= 0.3 is 0 Å². The van der Waals surface area contributed by atoms with Crippen molar-refractivity contribution in [1.82, 2.24) is 9.62 Å². The number of nitrogens with zero attached hydrogens (tertiary/aromatic N) is 1. The van der Waals surface area contributed by atoms with Gasteiger partial charge in [0.25, 0.3) is 0 Å². The lowest BCUT2D eigenvalue weighted by molar-refractivity contribution is 0.297. The number of hydrogen-bond donors (Lipinski definition) is 1. The number of likely N-dealkylation sites (tertiary alicyclic amines) is 1. The lowest BCUT2D eigenvalue weighted by atomic mass is 10.1. The summed E-state index contributed by atoms with van der Waals surface area (Å²) >= 11 is 0. The van der Waals surface area contributed by atoms with Crippen LogP contribution in [0.25, 0.3) is 0 Å². The van der Waals surface area contributed by atoms with Crippen LogP contribution in [-0.2, 0) is 10.0 Å². The minimum Gasteiger partial charge on any atom is -0.303 e. The Kier molecular flexibility index (Phi) is 4.60. The summed E-state index contributed by atoms with van der Waals surface area (Å²) in [5.74, 6) is 0. The van der Waals surface area contributed by atoms with Gasteiger partial charge in [-0.3, -0.25) is 0 Å².